The maximum Gasteiger partial charge on any atom is 0.173 e. The third kappa shape index (κ3) is 3.46. The Balaban J connectivity index is 2.14. The van der Waals surface area contributed by atoms with Crippen LogP contribution in [0.5, 0.6) is 5.75 Å². The average molecular weight is 293 g/mol. The van der Waals surface area contributed by atoms with Crippen molar-refractivity contribution in [1.82, 2.24) is 4.90 Å². The molecule has 2 rings (SSSR count). The van der Waals surface area contributed by atoms with Crippen LogP contribution in [0.15, 0.2) is 23.4 Å². The van der Waals surface area contributed by atoms with Crippen molar-refractivity contribution in [3.8, 4) is 5.75 Å². The summed E-state index contributed by atoms with van der Waals surface area (Å²) < 4.78 is 10.9. The maximum atomic E-state index is 8.78. The highest BCUT2D eigenvalue weighted by Crippen LogP contribution is 2.24. The van der Waals surface area contributed by atoms with Gasteiger partial charge in [-0.25, -0.2) is 0 Å². The lowest BCUT2D eigenvalue weighted by Gasteiger charge is -2.26. The number of amidine groups is 1. The minimum Gasteiger partial charge on any atom is -0.496 e. The van der Waals surface area contributed by atoms with Gasteiger partial charge in [0.1, 0.15) is 5.75 Å². The lowest BCUT2D eigenvalue weighted by atomic mass is 10.1. The third-order valence-corrected chi connectivity index (χ3v) is 3.98. The summed E-state index contributed by atoms with van der Waals surface area (Å²) in [4.78, 5) is 2.29. The van der Waals surface area contributed by atoms with Gasteiger partial charge < -0.3 is 20.4 Å². The number of nitrogens with zero attached hydrogens (tertiary/aromatic N) is 2. The van der Waals surface area contributed by atoms with Gasteiger partial charge in [0, 0.05) is 19.2 Å². The van der Waals surface area contributed by atoms with Crippen LogP contribution in [0.3, 0.4) is 0 Å². The smallest absolute Gasteiger partial charge is 0.173 e. The monoisotopic (exact) mass is 293 g/mol. The largest absolute Gasteiger partial charge is 0.496 e. The van der Waals surface area contributed by atoms with Gasteiger partial charge in [-0.05, 0) is 38.1 Å². The van der Waals surface area contributed by atoms with E-state index in [-0.39, 0.29) is 11.9 Å². The molecule has 1 heterocycles. The molecular formula is C15H23N3O3. The summed E-state index contributed by atoms with van der Waals surface area (Å²) in [5.41, 5.74) is 7.33. The van der Waals surface area contributed by atoms with Crippen molar-refractivity contribution < 1.29 is 14.7 Å². The number of methoxy groups -OCH3 is 1. The summed E-state index contributed by atoms with van der Waals surface area (Å²) in [6, 6.07) is 6.13. The van der Waals surface area contributed by atoms with Gasteiger partial charge in [0.2, 0.25) is 0 Å². The van der Waals surface area contributed by atoms with E-state index in [9.17, 15) is 0 Å². The molecule has 2 unspecified atom stereocenters. The Kier molecular flexibility index (Phi) is 5.03. The minimum absolute atomic E-state index is 0.0459. The molecule has 21 heavy (non-hydrogen) atoms. The van der Waals surface area contributed by atoms with E-state index in [0.29, 0.717) is 17.4 Å². The van der Waals surface area contributed by atoms with E-state index in [0.717, 1.165) is 25.1 Å². The molecule has 1 aliphatic heterocycles. The average Bonchev–Trinajstić information content (AvgIpc) is 2.92. The van der Waals surface area contributed by atoms with E-state index in [1.54, 1.807) is 7.11 Å². The molecule has 6 heteroatoms. The molecule has 1 fully saturated rings. The normalized spacial score (nSPS) is 22.8. The first-order valence-corrected chi connectivity index (χ1v) is 7.03. The molecule has 0 aliphatic carbocycles. The van der Waals surface area contributed by atoms with Gasteiger partial charge in [-0.3, -0.25) is 4.90 Å². The Morgan fingerprint density at radius 2 is 2.33 bits per heavy atom. The molecule has 0 bridgehead atoms. The van der Waals surface area contributed by atoms with Crippen LogP contribution in [0, 0.1) is 0 Å². The molecule has 3 N–H and O–H groups in total. The molecule has 0 saturated carbocycles. The molecule has 0 spiro atoms. The minimum atomic E-state index is 0.0459. The molecule has 2 atom stereocenters. The Labute approximate surface area is 125 Å². The summed E-state index contributed by atoms with van der Waals surface area (Å²) in [5, 5.41) is 11.8. The van der Waals surface area contributed by atoms with Crippen molar-refractivity contribution in [2.24, 2.45) is 10.9 Å². The van der Waals surface area contributed by atoms with Crippen LogP contribution in [0.4, 0.5) is 0 Å². The quantitative estimate of drug-likeness (QED) is 0.371. The van der Waals surface area contributed by atoms with E-state index in [1.165, 1.54) is 0 Å². The van der Waals surface area contributed by atoms with Gasteiger partial charge >= 0.3 is 0 Å². The Bertz CT molecular complexity index is 519. The summed E-state index contributed by atoms with van der Waals surface area (Å²) >= 11 is 0. The lowest BCUT2D eigenvalue weighted by molar-refractivity contribution is 0.0814. The van der Waals surface area contributed by atoms with Crippen molar-refractivity contribution in [3.63, 3.8) is 0 Å². The number of hydrogen-bond acceptors (Lipinski definition) is 5. The molecule has 0 radical (unpaired) electrons. The van der Waals surface area contributed by atoms with Gasteiger partial charge in [-0.1, -0.05) is 11.2 Å². The predicted molar refractivity (Wildman–Crippen MR) is 80.8 cm³/mol. The zero-order valence-electron chi connectivity index (χ0n) is 12.7. The van der Waals surface area contributed by atoms with Gasteiger partial charge in [0.15, 0.2) is 5.84 Å². The zero-order chi connectivity index (χ0) is 15.4. The van der Waals surface area contributed by atoms with Crippen LogP contribution >= 0.6 is 0 Å². The predicted octanol–water partition coefficient (Wildman–Crippen LogP) is 1.40. The highest BCUT2D eigenvalue weighted by molar-refractivity contribution is 5.99. The van der Waals surface area contributed by atoms with Crippen LogP contribution in [-0.2, 0) is 11.3 Å². The van der Waals surface area contributed by atoms with E-state index < -0.39 is 0 Å². The molecule has 0 amide bonds. The summed E-state index contributed by atoms with van der Waals surface area (Å²) in [6.07, 6.45) is 1.31. The first kappa shape index (κ1) is 15.6. The first-order valence-electron chi connectivity index (χ1n) is 7.03. The van der Waals surface area contributed by atoms with Crippen molar-refractivity contribution in [3.05, 3.63) is 29.3 Å². The molecule has 1 saturated heterocycles. The van der Waals surface area contributed by atoms with Gasteiger partial charge in [-0.15, -0.1) is 0 Å². The SMILES string of the molecule is COc1cc(CN(C)C2CCOC2C)ccc1/C(N)=N/O. The van der Waals surface area contributed by atoms with Crippen LogP contribution in [0.1, 0.15) is 24.5 Å². The highest BCUT2D eigenvalue weighted by Gasteiger charge is 2.27. The zero-order valence-corrected chi connectivity index (χ0v) is 12.7. The third-order valence-electron chi connectivity index (χ3n) is 3.98. The van der Waals surface area contributed by atoms with Crippen molar-refractivity contribution in [1.29, 1.82) is 0 Å². The summed E-state index contributed by atoms with van der Waals surface area (Å²) in [6.45, 7) is 3.73. The Morgan fingerprint density at radius 3 is 2.90 bits per heavy atom. The fourth-order valence-corrected chi connectivity index (χ4v) is 2.80. The molecular weight excluding hydrogens is 270 g/mol. The standard InChI is InChI=1S/C15H23N3O3/c1-10-13(6-7-21-10)18(2)9-11-4-5-12(15(16)17-19)14(8-11)20-3/h4-5,8,10,13,19H,6-7,9H2,1-3H3,(H2,16,17). The van der Waals surface area contributed by atoms with E-state index in [4.69, 9.17) is 20.4 Å². The topological polar surface area (TPSA) is 80.3 Å². The lowest BCUT2D eigenvalue weighted by Crippen LogP contribution is -2.36. The van der Waals surface area contributed by atoms with Gasteiger partial charge in [-0.2, -0.15) is 0 Å². The highest BCUT2D eigenvalue weighted by atomic mass is 16.5. The van der Waals surface area contributed by atoms with Crippen molar-refractivity contribution >= 4 is 5.84 Å². The number of rotatable bonds is 5. The molecule has 0 aromatic heterocycles. The molecule has 1 aromatic carbocycles. The van der Waals surface area contributed by atoms with Gasteiger partial charge in [0.05, 0.1) is 18.8 Å². The second kappa shape index (κ2) is 6.78. The van der Waals surface area contributed by atoms with Crippen molar-refractivity contribution in [2.75, 3.05) is 20.8 Å². The number of oxime groups is 1. The molecule has 1 aliphatic rings. The van der Waals surface area contributed by atoms with Crippen LogP contribution < -0.4 is 10.5 Å². The summed E-state index contributed by atoms with van der Waals surface area (Å²) in [5.74, 6) is 0.650. The van der Waals surface area contributed by atoms with E-state index >= 15 is 0 Å². The van der Waals surface area contributed by atoms with Crippen LogP contribution in [-0.4, -0.2) is 48.9 Å². The van der Waals surface area contributed by atoms with Crippen LogP contribution in [0.25, 0.3) is 0 Å². The second-order valence-electron chi connectivity index (χ2n) is 5.37. The van der Waals surface area contributed by atoms with E-state index in [2.05, 4.69) is 24.0 Å². The fraction of sp³-hybridized carbons (Fsp3) is 0.533. The summed E-state index contributed by atoms with van der Waals surface area (Å²) in [7, 11) is 3.67. The fourth-order valence-electron chi connectivity index (χ4n) is 2.80. The van der Waals surface area contributed by atoms with Crippen molar-refractivity contribution in [2.45, 2.75) is 32.0 Å². The number of ether oxygens (including phenoxy) is 2. The maximum absolute atomic E-state index is 8.78. The number of hydrogen-bond donors (Lipinski definition) is 2. The Morgan fingerprint density at radius 1 is 1.57 bits per heavy atom. The Hall–Kier alpha value is -1.79. The van der Waals surface area contributed by atoms with Crippen LogP contribution in [0.2, 0.25) is 0 Å². The number of nitrogens with two attached hydrogens (primary N) is 1. The number of likely N-dealkylation sites (N-methyl/N-ethyl adjacent to an activating group) is 1. The first-order chi connectivity index (χ1) is 10.1. The van der Waals surface area contributed by atoms with E-state index in [1.807, 2.05) is 18.2 Å². The second-order valence-corrected chi connectivity index (χ2v) is 5.37. The van der Waals surface area contributed by atoms with Gasteiger partial charge in [0.25, 0.3) is 0 Å². The molecule has 116 valence electrons. The molecule has 1 aromatic rings. The number of benzene rings is 1. The molecule has 6 nitrogen and oxygen atoms in total.